The molecule has 0 aliphatic heterocycles. The Kier molecular flexibility index (Phi) is 4.50. The van der Waals surface area contributed by atoms with Crippen molar-refractivity contribution in [2.75, 3.05) is 0 Å². The van der Waals surface area contributed by atoms with Gasteiger partial charge in [0.2, 0.25) is 5.78 Å². The van der Waals surface area contributed by atoms with Gasteiger partial charge in [-0.1, -0.05) is 51.1 Å². The van der Waals surface area contributed by atoms with Crippen molar-refractivity contribution < 1.29 is 18.4 Å². The first-order chi connectivity index (χ1) is 10.2. The average molecular weight is 308 g/mol. The molecular weight excluding hydrogens is 286 g/mol. The lowest BCUT2D eigenvalue weighted by Gasteiger charge is -2.39. The zero-order valence-corrected chi connectivity index (χ0v) is 13.2. The van der Waals surface area contributed by atoms with Crippen LogP contribution in [-0.2, 0) is 9.59 Å². The SMILES string of the molecule is CCC(C)(C)C(=O)C1CCC(=O)C(F)(F)C1c1ccccc1. The second-order valence-electron chi connectivity index (χ2n) is 6.68. The molecule has 120 valence electrons. The number of rotatable bonds is 4. The van der Waals surface area contributed by atoms with Gasteiger partial charge in [0.05, 0.1) is 5.92 Å². The number of halogens is 2. The number of carbonyl (C=O) groups is 2. The quantitative estimate of drug-likeness (QED) is 0.826. The van der Waals surface area contributed by atoms with E-state index in [-0.39, 0.29) is 18.6 Å². The van der Waals surface area contributed by atoms with Crippen LogP contribution in [0.5, 0.6) is 0 Å². The van der Waals surface area contributed by atoms with Crippen LogP contribution >= 0.6 is 0 Å². The Morgan fingerprint density at radius 2 is 1.86 bits per heavy atom. The molecule has 0 saturated heterocycles. The van der Waals surface area contributed by atoms with Crippen LogP contribution in [0.1, 0.15) is 51.5 Å². The second-order valence-corrected chi connectivity index (χ2v) is 6.68. The molecule has 1 aromatic carbocycles. The van der Waals surface area contributed by atoms with Gasteiger partial charge in [0, 0.05) is 17.8 Å². The van der Waals surface area contributed by atoms with E-state index in [1.165, 1.54) is 0 Å². The molecule has 1 aliphatic carbocycles. The minimum atomic E-state index is -3.48. The molecule has 2 atom stereocenters. The third-order valence-corrected chi connectivity index (χ3v) is 4.89. The van der Waals surface area contributed by atoms with E-state index in [0.717, 1.165) is 0 Å². The van der Waals surface area contributed by atoms with E-state index < -0.39 is 29.0 Å². The molecule has 0 N–H and O–H groups in total. The highest BCUT2D eigenvalue weighted by molar-refractivity contribution is 5.94. The monoisotopic (exact) mass is 308 g/mol. The van der Waals surface area contributed by atoms with Gasteiger partial charge in [0.1, 0.15) is 5.78 Å². The van der Waals surface area contributed by atoms with Crippen LogP contribution in [0.15, 0.2) is 30.3 Å². The summed E-state index contributed by atoms with van der Waals surface area (Å²) in [6.45, 7) is 5.44. The van der Waals surface area contributed by atoms with Gasteiger partial charge >= 0.3 is 5.92 Å². The third-order valence-electron chi connectivity index (χ3n) is 4.89. The number of benzene rings is 1. The Morgan fingerprint density at radius 1 is 1.27 bits per heavy atom. The summed E-state index contributed by atoms with van der Waals surface area (Å²) in [6, 6.07) is 8.22. The molecule has 1 fully saturated rings. The van der Waals surface area contributed by atoms with Crippen LogP contribution in [0, 0.1) is 11.3 Å². The first-order valence-corrected chi connectivity index (χ1v) is 7.72. The Morgan fingerprint density at radius 3 is 2.41 bits per heavy atom. The van der Waals surface area contributed by atoms with E-state index in [9.17, 15) is 18.4 Å². The molecule has 22 heavy (non-hydrogen) atoms. The molecule has 0 radical (unpaired) electrons. The lowest BCUT2D eigenvalue weighted by molar-refractivity contribution is -0.159. The molecule has 0 heterocycles. The van der Waals surface area contributed by atoms with Crippen LogP contribution in [0.4, 0.5) is 8.78 Å². The fourth-order valence-corrected chi connectivity index (χ4v) is 3.11. The molecule has 0 aromatic heterocycles. The minimum absolute atomic E-state index is 0.170. The zero-order chi connectivity index (χ0) is 16.5. The zero-order valence-electron chi connectivity index (χ0n) is 13.2. The molecule has 0 spiro atoms. The predicted octanol–water partition coefficient (Wildman–Crippen LogP) is 4.39. The Balaban J connectivity index is 2.48. The van der Waals surface area contributed by atoms with Crippen LogP contribution < -0.4 is 0 Å². The fourth-order valence-electron chi connectivity index (χ4n) is 3.11. The summed E-state index contributed by atoms with van der Waals surface area (Å²) in [5.41, 5.74) is -0.292. The average Bonchev–Trinajstić information content (AvgIpc) is 2.49. The Hall–Kier alpha value is -1.58. The van der Waals surface area contributed by atoms with Gasteiger partial charge in [-0.05, 0) is 18.4 Å². The maximum atomic E-state index is 14.5. The summed E-state index contributed by atoms with van der Waals surface area (Å²) in [6.07, 6.45) is 0.562. The van der Waals surface area contributed by atoms with E-state index in [1.54, 1.807) is 44.2 Å². The number of hydrogen-bond donors (Lipinski definition) is 0. The lowest BCUT2D eigenvalue weighted by Crippen LogP contribution is -2.48. The highest BCUT2D eigenvalue weighted by atomic mass is 19.3. The highest BCUT2D eigenvalue weighted by Gasteiger charge is 2.56. The van der Waals surface area contributed by atoms with Gasteiger partial charge in [-0.3, -0.25) is 9.59 Å². The maximum Gasteiger partial charge on any atom is 0.312 e. The van der Waals surface area contributed by atoms with Crippen molar-refractivity contribution in [3.05, 3.63) is 35.9 Å². The summed E-state index contributed by atoms with van der Waals surface area (Å²) in [5.74, 6) is -6.88. The summed E-state index contributed by atoms with van der Waals surface area (Å²) in [5, 5.41) is 0. The maximum absolute atomic E-state index is 14.5. The van der Waals surface area contributed by atoms with Crippen molar-refractivity contribution in [3.8, 4) is 0 Å². The van der Waals surface area contributed by atoms with Crippen LogP contribution in [0.25, 0.3) is 0 Å². The molecule has 2 nitrogen and oxygen atoms in total. The number of carbonyl (C=O) groups excluding carboxylic acids is 2. The van der Waals surface area contributed by atoms with Gasteiger partial charge in [0.25, 0.3) is 0 Å². The smallest absolute Gasteiger partial charge is 0.299 e. The number of alkyl halides is 2. The van der Waals surface area contributed by atoms with E-state index in [0.29, 0.717) is 12.0 Å². The van der Waals surface area contributed by atoms with Gasteiger partial charge in [-0.2, -0.15) is 8.78 Å². The van der Waals surface area contributed by atoms with Crippen LogP contribution in [0.3, 0.4) is 0 Å². The highest BCUT2D eigenvalue weighted by Crippen LogP contribution is 2.48. The van der Waals surface area contributed by atoms with Crippen LogP contribution in [0.2, 0.25) is 0 Å². The van der Waals surface area contributed by atoms with Gasteiger partial charge in [-0.15, -0.1) is 0 Å². The van der Waals surface area contributed by atoms with Crippen molar-refractivity contribution in [2.45, 2.75) is 51.9 Å². The van der Waals surface area contributed by atoms with Crippen molar-refractivity contribution in [3.63, 3.8) is 0 Å². The molecule has 0 bridgehead atoms. The molecule has 2 unspecified atom stereocenters. The molecule has 1 aromatic rings. The summed E-state index contributed by atoms with van der Waals surface area (Å²) < 4.78 is 29.1. The summed E-state index contributed by atoms with van der Waals surface area (Å²) >= 11 is 0. The van der Waals surface area contributed by atoms with Gasteiger partial charge in [0.15, 0.2) is 0 Å². The number of Topliss-reactive ketones (excluding diaryl/α,β-unsaturated/α-hetero) is 2. The molecular formula is C18H22F2O2. The minimum Gasteiger partial charge on any atom is -0.299 e. The number of hydrogen-bond acceptors (Lipinski definition) is 2. The van der Waals surface area contributed by atoms with Crippen molar-refractivity contribution in [1.82, 2.24) is 0 Å². The van der Waals surface area contributed by atoms with E-state index in [1.807, 2.05) is 6.92 Å². The summed E-state index contributed by atoms with van der Waals surface area (Å²) in [4.78, 5) is 24.5. The predicted molar refractivity (Wildman–Crippen MR) is 80.9 cm³/mol. The Bertz CT molecular complexity index is 564. The normalized spacial score (nSPS) is 25.0. The lowest BCUT2D eigenvalue weighted by atomic mass is 9.65. The van der Waals surface area contributed by atoms with Crippen molar-refractivity contribution in [2.24, 2.45) is 11.3 Å². The largest absolute Gasteiger partial charge is 0.312 e. The molecule has 1 aliphatic rings. The third kappa shape index (κ3) is 2.83. The first-order valence-electron chi connectivity index (χ1n) is 7.72. The van der Waals surface area contributed by atoms with E-state index in [4.69, 9.17) is 0 Å². The molecule has 1 saturated carbocycles. The second kappa shape index (κ2) is 5.90. The molecule has 0 amide bonds. The molecule has 4 heteroatoms. The topological polar surface area (TPSA) is 34.1 Å². The summed E-state index contributed by atoms with van der Waals surface area (Å²) in [7, 11) is 0. The number of ketones is 2. The van der Waals surface area contributed by atoms with Crippen molar-refractivity contribution in [1.29, 1.82) is 0 Å². The van der Waals surface area contributed by atoms with Crippen LogP contribution in [-0.4, -0.2) is 17.5 Å². The van der Waals surface area contributed by atoms with Crippen molar-refractivity contribution >= 4 is 11.6 Å². The Labute approximate surface area is 129 Å². The molecule has 2 rings (SSSR count). The van der Waals surface area contributed by atoms with E-state index >= 15 is 0 Å². The van der Waals surface area contributed by atoms with Gasteiger partial charge < -0.3 is 0 Å². The van der Waals surface area contributed by atoms with E-state index in [2.05, 4.69) is 0 Å². The fraction of sp³-hybridized carbons (Fsp3) is 0.556. The van der Waals surface area contributed by atoms with Gasteiger partial charge in [-0.25, -0.2) is 0 Å². The standard InChI is InChI=1S/C18H22F2O2/c1-4-17(2,3)16(22)13-10-11-14(21)18(19,20)15(13)12-8-6-5-7-9-12/h5-9,13,15H,4,10-11H2,1-3H3. The first kappa shape index (κ1) is 16.8.